The number of para-hydroxylation sites is 1. The Morgan fingerprint density at radius 2 is 1.76 bits per heavy atom. The number of pyridine rings is 1. The second-order valence-corrected chi connectivity index (χ2v) is 11.4. The molecule has 0 saturated carbocycles. The third-order valence-corrected chi connectivity index (χ3v) is 8.53. The number of phenols is 1. The first-order valence-electron chi connectivity index (χ1n) is 15.0. The molecule has 2 N–H and O–H groups in total. The van der Waals surface area contributed by atoms with E-state index in [1.165, 1.54) is 0 Å². The minimum atomic E-state index is -0.874. The summed E-state index contributed by atoms with van der Waals surface area (Å²) in [6.07, 6.45) is 2.82. The smallest absolute Gasteiger partial charge is 0.334 e. The van der Waals surface area contributed by atoms with E-state index in [2.05, 4.69) is 16.9 Å². The Kier molecular flexibility index (Phi) is 8.48. The Balaban J connectivity index is 1.40. The van der Waals surface area contributed by atoms with Crippen molar-refractivity contribution in [1.29, 1.82) is 0 Å². The average molecular weight is 605 g/mol. The minimum Gasteiger partial charge on any atom is -0.508 e. The summed E-state index contributed by atoms with van der Waals surface area (Å²) in [6.45, 7) is 6.48. The van der Waals surface area contributed by atoms with Crippen molar-refractivity contribution in [3.63, 3.8) is 0 Å². The number of hydrazine groups is 1. The van der Waals surface area contributed by atoms with E-state index >= 15 is 0 Å². The van der Waals surface area contributed by atoms with E-state index in [9.17, 15) is 19.5 Å². The molecule has 10 heteroatoms. The van der Waals surface area contributed by atoms with Crippen molar-refractivity contribution >= 4 is 28.7 Å². The number of rotatable bonds is 8. The molecule has 2 aliphatic heterocycles. The van der Waals surface area contributed by atoms with Crippen LogP contribution in [0.4, 0.5) is 4.79 Å². The summed E-state index contributed by atoms with van der Waals surface area (Å²) in [6, 6.07) is 24.2. The Labute approximate surface area is 262 Å². The molecule has 3 heterocycles. The molecule has 1 aromatic heterocycles. The lowest BCUT2D eigenvalue weighted by molar-refractivity contribution is -0.198. The highest BCUT2D eigenvalue weighted by Crippen LogP contribution is 2.34. The van der Waals surface area contributed by atoms with Crippen molar-refractivity contribution in [2.24, 2.45) is 0 Å². The topological polar surface area (TPSA) is 109 Å². The van der Waals surface area contributed by atoms with Crippen LogP contribution in [-0.2, 0) is 29.1 Å². The van der Waals surface area contributed by atoms with Crippen LogP contribution in [-0.4, -0.2) is 79.1 Å². The van der Waals surface area contributed by atoms with Gasteiger partial charge in [0.05, 0.1) is 18.1 Å². The number of nitrogens with zero attached hydrogens (tertiary/aromatic N) is 5. The average Bonchev–Trinajstić information content (AvgIpc) is 3.05. The van der Waals surface area contributed by atoms with Crippen LogP contribution in [0, 0.1) is 0 Å². The molecule has 0 aliphatic carbocycles. The second-order valence-electron chi connectivity index (χ2n) is 11.4. The molecule has 3 atom stereocenters. The summed E-state index contributed by atoms with van der Waals surface area (Å²) in [7, 11) is 0. The quantitative estimate of drug-likeness (QED) is 0.294. The Hall–Kier alpha value is -5.22. The van der Waals surface area contributed by atoms with E-state index in [4.69, 9.17) is 0 Å². The zero-order chi connectivity index (χ0) is 31.5. The molecule has 2 fully saturated rings. The first kappa shape index (κ1) is 29.8. The van der Waals surface area contributed by atoms with Crippen molar-refractivity contribution in [2.45, 2.75) is 44.7 Å². The lowest BCUT2D eigenvalue weighted by Gasteiger charge is -2.57. The maximum Gasteiger partial charge on any atom is 0.334 e. The fourth-order valence-corrected chi connectivity index (χ4v) is 6.36. The number of piperazine rings is 1. The number of hydrogen-bond acceptors (Lipinski definition) is 6. The zero-order valence-electron chi connectivity index (χ0n) is 25.1. The molecule has 230 valence electrons. The van der Waals surface area contributed by atoms with Crippen LogP contribution >= 0.6 is 0 Å². The molecular formula is C35H36N6O4. The van der Waals surface area contributed by atoms with Gasteiger partial charge in [0.1, 0.15) is 18.0 Å². The highest BCUT2D eigenvalue weighted by Gasteiger charge is 2.54. The SMILES string of the molecule is C=CCN1CC(=O)N2C(Cc3ccc(O)cc3)C(=O)N(Cc3cccc4cccnc34)C(C)C2N1C(=O)NCc1ccccc1. The first-order valence-corrected chi connectivity index (χ1v) is 15.0. The third kappa shape index (κ3) is 5.97. The first-order chi connectivity index (χ1) is 21.9. The molecule has 2 saturated heterocycles. The number of benzene rings is 3. The van der Waals surface area contributed by atoms with Gasteiger partial charge in [0.2, 0.25) is 11.8 Å². The molecule has 45 heavy (non-hydrogen) atoms. The second kappa shape index (κ2) is 12.8. The molecule has 3 aromatic carbocycles. The Morgan fingerprint density at radius 1 is 1.00 bits per heavy atom. The standard InChI is InChI=1S/C35H36N6O4/c1-3-19-38-23-31(43)40-30(20-25-14-16-29(42)17-15-25)34(44)39(22-28-12-7-11-27-13-8-18-36-32(27)28)24(2)33(40)41(38)35(45)37-21-26-9-5-4-6-10-26/h3-18,24,30,33,42H,1,19-23H2,2H3,(H,37,45). The largest absolute Gasteiger partial charge is 0.508 e. The Morgan fingerprint density at radius 3 is 2.51 bits per heavy atom. The predicted molar refractivity (Wildman–Crippen MR) is 170 cm³/mol. The highest BCUT2D eigenvalue weighted by atomic mass is 16.3. The fourth-order valence-electron chi connectivity index (χ4n) is 6.36. The van der Waals surface area contributed by atoms with E-state index in [-0.39, 0.29) is 49.7 Å². The molecule has 0 spiro atoms. The molecule has 0 radical (unpaired) electrons. The number of carbonyl (C=O) groups excluding carboxylic acids is 3. The maximum absolute atomic E-state index is 14.5. The molecule has 0 bridgehead atoms. The molecule has 4 amide bonds. The van der Waals surface area contributed by atoms with Crippen molar-refractivity contribution in [3.05, 3.63) is 120 Å². The van der Waals surface area contributed by atoms with Gasteiger partial charge >= 0.3 is 6.03 Å². The number of nitrogens with one attached hydrogen (secondary N) is 1. The highest BCUT2D eigenvalue weighted by molar-refractivity contribution is 5.92. The number of phenolic OH excluding ortho intramolecular Hbond substituents is 1. The van der Waals surface area contributed by atoms with Crippen LogP contribution < -0.4 is 5.32 Å². The van der Waals surface area contributed by atoms with Crippen LogP contribution in [0.3, 0.4) is 0 Å². The summed E-state index contributed by atoms with van der Waals surface area (Å²) in [5.74, 6) is -0.347. The number of urea groups is 1. The van der Waals surface area contributed by atoms with Gasteiger partial charge in [-0.3, -0.25) is 14.6 Å². The third-order valence-electron chi connectivity index (χ3n) is 8.53. The fraction of sp³-hybridized carbons (Fsp3) is 0.257. The number of carbonyl (C=O) groups is 3. The van der Waals surface area contributed by atoms with E-state index in [1.54, 1.807) is 56.4 Å². The van der Waals surface area contributed by atoms with E-state index < -0.39 is 18.2 Å². The lowest BCUT2D eigenvalue weighted by atomic mass is 9.94. The van der Waals surface area contributed by atoms with Crippen LogP contribution in [0.25, 0.3) is 10.9 Å². The van der Waals surface area contributed by atoms with Crippen molar-refractivity contribution < 1.29 is 19.5 Å². The van der Waals surface area contributed by atoms with E-state index in [0.717, 1.165) is 27.6 Å². The number of aromatic nitrogens is 1. The van der Waals surface area contributed by atoms with Crippen LogP contribution in [0.2, 0.25) is 0 Å². The summed E-state index contributed by atoms with van der Waals surface area (Å²) in [4.78, 5) is 50.4. The summed E-state index contributed by atoms with van der Waals surface area (Å²) >= 11 is 0. The van der Waals surface area contributed by atoms with Crippen molar-refractivity contribution in [1.82, 2.24) is 30.1 Å². The molecular weight excluding hydrogens is 568 g/mol. The van der Waals surface area contributed by atoms with E-state index in [0.29, 0.717) is 6.54 Å². The van der Waals surface area contributed by atoms with Crippen LogP contribution in [0.5, 0.6) is 5.75 Å². The summed E-state index contributed by atoms with van der Waals surface area (Å²) in [5.41, 5.74) is 3.39. The number of hydrogen-bond donors (Lipinski definition) is 2. The Bertz CT molecular complexity index is 1710. The van der Waals surface area contributed by atoms with Gasteiger partial charge in [0.25, 0.3) is 0 Å². The molecule has 6 rings (SSSR count). The van der Waals surface area contributed by atoms with Gasteiger partial charge in [0, 0.05) is 37.6 Å². The normalized spacial score (nSPS) is 20.3. The van der Waals surface area contributed by atoms with Gasteiger partial charge in [-0.1, -0.05) is 72.8 Å². The van der Waals surface area contributed by atoms with Crippen molar-refractivity contribution in [2.75, 3.05) is 13.1 Å². The van der Waals surface area contributed by atoms with Crippen LogP contribution in [0.1, 0.15) is 23.6 Å². The van der Waals surface area contributed by atoms with Gasteiger partial charge in [-0.15, -0.1) is 6.58 Å². The number of aromatic hydroxyl groups is 1. The molecule has 3 unspecified atom stereocenters. The molecule has 4 aromatic rings. The van der Waals surface area contributed by atoms with Gasteiger partial charge in [0.15, 0.2) is 0 Å². The van der Waals surface area contributed by atoms with Gasteiger partial charge < -0.3 is 20.2 Å². The van der Waals surface area contributed by atoms with Crippen LogP contribution in [0.15, 0.2) is 104 Å². The van der Waals surface area contributed by atoms with Crippen molar-refractivity contribution in [3.8, 4) is 5.75 Å². The van der Waals surface area contributed by atoms with Gasteiger partial charge in [-0.2, -0.15) is 0 Å². The van der Waals surface area contributed by atoms with E-state index in [1.807, 2.05) is 67.6 Å². The molecule has 10 nitrogen and oxygen atoms in total. The predicted octanol–water partition coefficient (Wildman–Crippen LogP) is 4.07. The summed E-state index contributed by atoms with van der Waals surface area (Å²) < 4.78 is 0. The zero-order valence-corrected chi connectivity index (χ0v) is 25.1. The van der Waals surface area contributed by atoms with Gasteiger partial charge in [-0.25, -0.2) is 14.8 Å². The summed E-state index contributed by atoms with van der Waals surface area (Å²) in [5, 5.41) is 17.1. The monoisotopic (exact) mass is 604 g/mol. The number of fused-ring (bicyclic) bond motifs is 2. The lowest BCUT2D eigenvalue weighted by Crippen LogP contribution is -2.79. The molecule has 2 aliphatic rings. The van der Waals surface area contributed by atoms with Gasteiger partial charge in [-0.05, 0) is 41.8 Å². The number of amides is 4. The minimum absolute atomic E-state index is 0.0827. The maximum atomic E-state index is 14.5.